The van der Waals surface area contributed by atoms with Crippen molar-refractivity contribution in [3.63, 3.8) is 0 Å². The zero-order valence-corrected chi connectivity index (χ0v) is 16.8. The summed E-state index contributed by atoms with van der Waals surface area (Å²) in [6, 6.07) is 10.1. The van der Waals surface area contributed by atoms with Gasteiger partial charge in [-0.25, -0.2) is 13.6 Å². The van der Waals surface area contributed by atoms with Gasteiger partial charge in [-0.2, -0.15) is 0 Å². The number of amides is 1. The zero-order chi connectivity index (χ0) is 20.6. The van der Waals surface area contributed by atoms with Gasteiger partial charge in [-0.3, -0.25) is 4.79 Å². The number of nitrogens with two attached hydrogens (primary N) is 1. The van der Waals surface area contributed by atoms with Gasteiger partial charge in [-0.05, 0) is 62.1 Å². The molecular formula is C21H22N2O5S. The van der Waals surface area contributed by atoms with Gasteiger partial charge in [0.1, 0.15) is 17.1 Å². The first-order valence-corrected chi connectivity index (χ1v) is 11.0. The summed E-state index contributed by atoms with van der Waals surface area (Å²) in [6.07, 6.45) is 4.24. The van der Waals surface area contributed by atoms with Crippen molar-refractivity contribution in [3.05, 3.63) is 53.3 Å². The average Bonchev–Trinajstić information content (AvgIpc) is 3.05. The molecule has 3 aromatic rings. The van der Waals surface area contributed by atoms with Crippen LogP contribution in [0.25, 0.3) is 11.0 Å². The Morgan fingerprint density at radius 3 is 2.76 bits per heavy atom. The molecule has 152 valence electrons. The molecule has 29 heavy (non-hydrogen) atoms. The third-order valence-electron chi connectivity index (χ3n) is 5.07. The Balaban J connectivity index is 1.45. The minimum Gasteiger partial charge on any atom is -0.484 e. The Kier molecular flexibility index (Phi) is 5.06. The van der Waals surface area contributed by atoms with E-state index in [-0.39, 0.29) is 11.5 Å². The van der Waals surface area contributed by atoms with Crippen LogP contribution in [0.2, 0.25) is 0 Å². The third-order valence-corrected chi connectivity index (χ3v) is 6.13. The summed E-state index contributed by atoms with van der Waals surface area (Å²) in [5, 5.41) is 8.87. The molecule has 0 atom stereocenters. The molecule has 2 aromatic carbocycles. The quantitative estimate of drug-likeness (QED) is 0.665. The number of hydrogen-bond donors (Lipinski definition) is 2. The molecule has 1 amide bonds. The Morgan fingerprint density at radius 2 is 1.97 bits per heavy atom. The van der Waals surface area contributed by atoms with Crippen LogP contribution in [0, 0.1) is 6.92 Å². The second-order valence-electron chi connectivity index (χ2n) is 7.23. The van der Waals surface area contributed by atoms with Crippen molar-refractivity contribution in [2.45, 2.75) is 37.5 Å². The molecule has 0 spiro atoms. The molecule has 3 N–H and O–H groups in total. The van der Waals surface area contributed by atoms with Crippen LogP contribution < -0.4 is 15.2 Å². The highest BCUT2D eigenvalue weighted by Gasteiger charge is 2.18. The Labute approximate surface area is 168 Å². The third kappa shape index (κ3) is 4.13. The van der Waals surface area contributed by atoms with Crippen molar-refractivity contribution in [1.82, 2.24) is 0 Å². The van der Waals surface area contributed by atoms with Gasteiger partial charge >= 0.3 is 0 Å². The maximum Gasteiger partial charge on any atom is 0.262 e. The highest BCUT2D eigenvalue weighted by molar-refractivity contribution is 7.89. The van der Waals surface area contributed by atoms with Crippen LogP contribution in [0.4, 0.5) is 5.69 Å². The van der Waals surface area contributed by atoms with Gasteiger partial charge in [-0.1, -0.05) is 6.07 Å². The molecule has 7 nitrogen and oxygen atoms in total. The van der Waals surface area contributed by atoms with Crippen LogP contribution in [0.3, 0.4) is 0 Å². The Bertz CT molecular complexity index is 1200. The van der Waals surface area contributed by atoms with E-state index < -0.39 is 15.9 Å². The first-order chi connectivity index (χ1) is 13.8. The molecule has 1 aliphatic carbocycles. The number of primary sulfonamides is 1. The number of furan rings is 1. The van der Waals surface area contributed by atoms with E-state index >= 15 is 0 Å². The fraction of sp³-hybridized carbons (Fsp3) is 0.286. The highest BCUT2D eigenvalue weighted by atomic mass is 32.2. The van der Waals surface area contributed by atoms with E-state index in [0.29, 0.717) is 17.0 Å². The number of aryl methyl sites for hydroxylation is 3. The molecule has 4 rings (SSSR count). The molecule has 0 aliphatic heterocycles. The maximum atomic E-state index is 12.2. The number of rotatable bonds is 5. The molecule has 8 heteroatoms. The van der Waals surface area contributed by atoms with Crippen LogP contribution in [0.5, 0.6) is 5.75 Å². The van der Waals surface area contributed by atoms with E-state index in [0.717, 1.165) is 42.4 Å². The lowest BCUT2D eigenvalue weighted by Crippen LogP contribution is -2.21. The van der Waals surface area contributed by atoms with Crippen molar-refractivity contribution in [1.29, 1.82) is 0 Å². The zero-order valence-electron chi connectivity index (χ0n) is 16.0. The normalized spacial score (nSPS) is 13.9. The molecule has 0 radical (unpaired) electrons. The van der Waals surface area contributed by atoms with Crippen molar-refractivity contribution < 1.29 is 22.4 Å². The van der Waals surface area contributed by atoms with Gasteiger partial charge in [0.15, 0.2) is 6.61 Å². The van der Waals surface area contributed by atoms with E-state index in [1.54, 1.807) is 25.1 Å². The highest BCUT2D eigenvalue weighted by Crippen LogP contribution is 2.34. The minimum atomic E-state index is -3.86. The van der Waals surface area contributed by atoms with E-state index in [2.05, 4.69) is 5.32 Å². The molecular weight excluding hydrogens is 392 g/mol. The number of anilines is 1. The number of fused-ring (bicyclic) bond motifs is 3. The van der Waals surface area contributed by atoms with E-state index in [4.69, 9.17) is 14.3 Å². The second-order valence-corrected chi connectivity index (χ2v) is 8.76. The molecule has 0 fully saturated rings. The fourth-order valence-electron chi connectivity index (χ4n) is 3.66. The molecule has 1 heterocycles. The monoisotopic (exact) mass is 414 g/mol. The Morgan fingerprint density at radius 1 is 1.17 bits per heavy atom. The van der Waals surface area contributed by atoms with Crippen LogP contribution in [-0.4, -0.2) is 20.9 Å². The van der Waals surface area contributed by atoms with Crippen LogP contribution in [0.1, 0.15) is 29.7 Å². The van der Waals surface area contributed by atoms with Crippen molar-refractivity contribution in [3.8, 4) is 5.75 Å². The van der Waals surface area contributed by atoms with Crippen LogP contribution in [-0.2, 0) is 27.7 Å². The number of carbonyl (C=O) groups excluding carboxylic acids is 1. The van der Waals surface area contributed by atoms with E-state index in [1.165, 1.54) is 11.6 Å². The average molecular weight is 414 g/mol. The summed E-state index contributed by atoms with van der Waals surface area (Å²) in [7, 11) is -3.86. The lowest BCUT2D eigenvalue weighted by molar-refractivity contribution is -0.118. The summed E-state index contributed by atoms with van der Waals surface area (Å²) in [4.78, 5) is 12.2. The Hall–Kier alpha value is -2.84. The summed E-state index contributed by atoms with van der Waals surface area (Å²) < 4.78 is 34.8. The van der Waals surface area contributed by atoms with Crippen molar-refractivity contribution in [2.24, 2.45) is 5.14 Å². The molecule has 0 bridgehead atoms. The summed E-state index contributed by atoms with van der Waals surface area (Å²) in [5.41, 5.74) is 2.92. The fourth-order valence-corrected chi connectivity index (χ4v) is 4.47. The SMILES string of the molecule is Cc1ccc(NC(=O)COc2ccc3oc4c(c3c2)CCCC4)cc1S(N)(=O)=O. The van der Waals surface area contributed by atoms with Gasteiger partial charge in [0.05, 0.1) is 4.90 Å². The minimum absolute atomic E-state index is 0.0219. The summed E-state index contributed by atoms with van der Waals surface area (Å²) in [6.45, 7) is 1.43. The second kappa shape index (κ2) is 7.53. The molecule has 0 saturated heterocycles. The number of ether oxygens (including phenoxy) is 1. The number of hydrogen-bond acceptors (Lipinski definition) is 5. The molecule has 1 aliphatic rings. The molecule has 0 saturated carbocycles. The standard InChI is InChI=1S/C21H22N2O5S/c1-13-6-7-14(10-20(13)29(22,25)26)23-21(24)12-27-15-8-9-19-17(11-15)16-4-2-3-5-18(16)28-19/h6-11H,2-5,12H2,1H3,(H,23,24)(H2,22,25,26). The number of benzene rings is 2. The lowest BCUT2D eigenvalue weighted by atomic mass is 9.96. The van der Waals surface area contributed by atoms with Gasteiger partial charge in [-0.15, -0.1) is 0 Å². The molecule has 0 unspecified atom stereocenters. The van der Waals surface area contributed by atoms with Crippen molar-refractivity contribution >= 4 is 32.6 Å². The largest absolute Gasteiger partial charge is 0.484 e. The van der Waals surface area contributed by atoms with Gasteiger partial charge in [0, 0.05) is 23.1 Å². The number of carbonyl (C=O) groups is 1. The summed E-state index contributed by atoms with van der Waals surface area (Å²) in [5.74, 6) is 1.23. The summed E-state index contributed by atoms with van der Waals surface area (Å²) >= 11 is 0. The van der Waals surface area contributed by atoms with Crippen molar-refractivity contribution in [2.75, 3.05) is 11.9 Å². The number of nitrogens with one attached hydrogen (secondary N) is 1. The first kappa shape index (κ1) is 19.5. The van der Waals surface area contributed by atoms with Gasteiger partial charge < -0.3 is 14.5 Å². The van der Waals surface area contributed by atoms with Crippen LogP contribution in [0.15, 0.2) is 45.7 Å². The van der Waals surface area contributed by atoms with Crippen LogP contribution >= 0.6 is 0 Å². The van der Waals surface area contributed by atoms with Gasteiger partial charge in [0.25, 0.3) is 5.91 Å². The van der Waals surface area contributed by atoms with E-state index in [1.807, 2.05) is 12.1 Å². The first-order valence-electron chi connectivity index (χ1n) is 9.42. The lowest BCUT2D eigenvalue weighted by Gasteiger charge is -2.10. The maximum absolute atomic E-state index is 12.2. The predicted molar refractivity (Wildman–Crippen MR) is 110 cm³/mol. The topological polar surface area (TPSA) is 112 Å². The molecule has 1 aromatic heterocycles. The number of sulfonamides is 1. The predicted octanol–water partition coefficient (Wildman–Crippen LogP) is 3.28. The van der Waals surface area contributed by atoms with E-state index in [9.17, 15) is 13.2 Å². The van der Waals surface area contributed by atoms with Gasteiger partial charge in [0.2, 0.25) is 10.0 Å². The smallest absolute Gasteiger partial charge is 0.262 e.